The van der Waals surface area contributed by atoms with Crippen molar-refractivity contribution in [2.45, 2.75) is 25.6 Å². The number of aryl methyl sites for hydroxylation is 2. The lowest BCUT2D eigenvalue weighted by atomic mass is 9.94. The van der Waals surface area contributed by atoms with Gasteiger partial charge in [-0.15, -0.1) is 0 Å². The Morgan fingerprint density at radius 2 is 2.00 bits per heavy atom. The number of fused-ring (bicyclic) bond motifs is 1. The van der Waals surface area contributed by atoms with Crippen molar-refractivity contribution in [3.63, 3.8) is 0 Å². The molecule has 1 aromatic rings. The zero-order chi connectivity index (χ0) is 7.68. The Morgan fingerprint density at radius 3 is 2.82 bits per heavy atom. The Kier molecular flexibility index (Phi) is 1.73. The molecule has 0 atom stereocenters. The van der Waals surface area contributed by atoms with E-state index in [1.165, 1.54) is 36.0 Å². The molecule has 2 rings (SSSR count). The Labute approximate surface area is 69.0 Å². The summed E-state index contributed by atoms with van der Waals surface area (Å²) >= 11 is 0. The molecule has 0 amide bonds. The molecule has 0 saturated carbocycles. The van der Waals surface area contributed by atoms with Crippen molar-refractivity contribution in [2.75, 3.05) is 0 Å². The summed E-state index contributed by atoms with van der Waals surface area (Å²) in [6.45, 7) is 0. The van der Waals surface area contributed by atoms with Crippen LogP contribution in [0.2, 0.25) is 0 Å². The van der Waals surface area contributed by atoms with Gasteiger partial charge in [-0.1, -0.05) is 30.1 Å². The van der Waals surface area contributed by atoms with Crippen LogP contribution in [-0.4, -0.2) is 7.85 Å². The molecule has 11 heavy (non-hydrogen) atoms. The second kappa shape index (κ2) is 2.73. The highest BCUT2D eigenvalue weighted by Crippen LogP contribution is 2.22. The molecule has 1 heteroatoms. The molecular formula is C10H11B. The van der Waals surface area contributed by atoms with Crippen LogP contribution in [-0.2, 0) is 19.2 Å². The first-order valence-electron chi connectivity index (χ1n) is 4.21. The summed E-state index contributed by atoms with van der Waals surface area (Å²) in [5.74, 6) is 0. The van der Waals surface area contributed by atoms with Gasteiger partial charge in [0.15, 0.2) is 0 Å². The number of rotatable bonds is 1. The molecule has 1 aromatic carbocycles. The van der Waals surface area contributed by atoms with Crippen LogP contribution in [0.5, 0.6) is 0 Å². The van der Waals surface area contributed by atoms with Gasteiger partial charge in [0.1, 0.15) is 0 Å². The SMILES string of the molecule is [B]Cc1ccc2c(c1)CCC2. The lowest BCUT2D eigenvalue weighted by molar-refractivity contribution is 0.911. The van der Waals surface area contributed by atoms with Gasteiger partial charge in [0, 0.05) is 0 Å². The minimum atomic E-state index is 0.674. The molecule has 54 valence electrons. The van der Waals surface area contributed by atoms with Crippen molar-refractivity contribution < 1.29 is 0 Å². The van der Waals surface area contributed by atoms with Crippen molar-refractivity contribution >= 4 is 7.85 Å². The van der Waals surface area contributed by atoms with Crippen LogP contribution in [0, 0.1) is 0 Å². The van der Waals surface area contributed by atoms with Gasteiger partial charge in [-0.2, -0.15) is 0 Å². The van der Waals surface area contributed by atoms with E-state index in [1.54, 1.807) is 0 Å². The topological polar surface area (TPSA) is 0 Å². The Hall–Kier alpha value is -0.715. The van der Waals surface area contributed by atoms with Gasteiger partial charge in [-0.05, 0) is 30.4 Å². The summed E-state index contributed by atoms with van der Waals surface area (Å²) in [5, 5.41) is 0. The Bertz CT molecular complexity index is 266. The van der Waals surface area contributed by atoms with Crippen LogP contribution in [0.15, 0.2) is 18.2 Å². The fourth-order valence-corrected chi connectivity index (χ4v) is 1.75. The van der Waals surface area contributed by atoms with Crippen LogP contribution in [0.3, 0.4) is 0 Å². The van der Waals surface area contributed by atoms with Crippen molar-refractivity contribution in [3.05, 3.63) is 34.9 Å². The molecule has 0 N–H and O–H groups in total. The highest BCUT2D eigenvalue weighted by Gasteiger charge is 2.09. The third-order valence-electron chi connectivity index (χ3n) is 2.40. The molecular weight excluding hydrogens is 131 g/mol. The first kappa shape index (κ1) is 6.96. The average Bonchev–Trinajstić information content (AvgIpc) is 2.50. The predicted molar refractivity (Wildman–Crippen MR) is 47.9 cm³/mol. The summed E-state index contributed by atoms with van der Waals surface area (Å²) in [6, 6.07) is 6.62. The standard InChI is InChI=1S/C10H11B/c11-7-8-4-5-9-2-1-3-10(9)6-8/h4-6H,1-3,7H2. The summed E-state index contributed by atoms with van der Waals surface area (Å²) in [4.78, 5) is 0. The molecule has 0 aromatic heterocycles. The molecule has 0 saturated heterocycles. The molecule has 2 radical (unpaired) electrons. The minimum absolute atomic E-state index is 0.674. The largest absolute Gasteiger partial charge is 0.0716 e. The first-order chi connectivity index (χ1) is 5.40. The first-order valence-corrected chi connectivity index (χ1v) is 4.21. The average molecular weight is 142 g/mol. The van der Waals surface area contributed by atoms with Crippen LogP contribution in [0.1, 0.15) is 23.1 Å². The van der Waals surface area contributed by atoms with E-state index in [1.807, 2.05) is 0 Å². The van der Waals surface area contributed by atoms with Crippen LogP contribution in [0.25, 0.3) is 0 Å². The van der Waals surface area contributed by atoms with E-state index >= 15 is 0 Å². The molecule has 1 aliphatic rings. The Balaban J connectivity index is 2.41. The van der Waals surface area contributed by atoms with E-state index in [2.05, 4.69) is 18.2 Å². The maximum absolute atomic E-state index is 5.54. The van der Waals surface area contributed by atoms with Crippen molar-refractivity contribution in [2.24, 2.45) is 0 Å². The summed E-state index contributed by atoms with van der Waals surface area (Å²) in [6.07, 6.45) is 4.51. The van der Waals surface area contributed by atoms with E-state index in [4.69, 9.17) is 7.85 Å². The maximum Gasteiger partial charge on any atom is 0.0716 e. The molecule has 0 nitrogen and oxygen atoms in total. The van der Waals surface area contributed by atoms with Crippen LogP contribution < -0.4 is 0 Å². The molecule has 0 heterocycles. The second-order valence-corrected chi connectivity index (χ2v) is 3.16. The maximum atomic E-state index is 5.54. The fraction of sp³-hybridized carbons (Fsp3) is 0.400. The smallest absolute Gasteiger partial charge is 0.0643 e. The van der Waals surface area contributed by atoms with Crippen molar-refractivity contribution in [3.8, 4) is 0 Å². The van der Waals surface area contributed by atoms with Gasteiger partial charge in [0.05, 0.1) is 7.85 Å². The fourth-order valence-electron chi connectivity index (χ4n) is 1.75. The molecule has 0 fully saturated rings. The van der Waals surface area contributed by atoms with Gasteiger partial charge in [0.25, 0.3) is 0 Å². The third kappa shape index (κ3) is 1.20. The van der Waals surface area contributed by atoms with Gasteiger partial charge in [0.2, 0.25) is 0 Å². The van der Waals surface area contributed by atoms with E-state index in [-0.39, 0.29) is 0 Å². The van der Waals surface area contributed by atoms with Gasteiger partial charge in [-0.3, -0.25) is 0 Å². The quantitative estimate of drug-likeness (QED) is 0.525. The summed E-state index contributed by atoms with van der Waals surface area (Å²) in [5.41, 5.74) is 4.32. The summed E-state index contributed by atoms with van der Waals surface area (Å²) in [7, 11) is 5.54. The lowest BCUT2D eigenvalue weighted by Crippen LogP contribution is -1.87. The molecule has 0 aliphatic heterocycles. The lowest BCUT2D eigenvalue weighted by Gasteiger charge is -2.01. The summed E-state index contributed by atoms with van der Waals surface area (Å²) < 4.78 is 0. The number of hydrogen-bond acceptors (Lipinski definition) is 0. The third-order valence-corrected chi connectivity index (χ3v) is 2.40. The minimum Gasteiger partial charge on any atom is -0.0643 e. The highest BCUT2D eigenvalue weighted by molar-refractivity contribution is 6.08. The van der Waals surface area contributed by atoms with E-state index in [9.17, 15) is 0 Å². The van der Waals surface area contributed by atoms with Gasteiger partial charge < -0.3 is 0 Å². The van der Waals surface area contributed by atoms with E-state index < -0.39 is 0 Å². The molecule has 0 unspecified atom stereocenters. The highest BCUT2D eigenvalue weighted by atomic mass is 14.1. The second-order valence-electron chi connectivity index (χ2n) is 3.16. The number of benzene rings is 1. The van der Waals surface area contributed by atoms with Crippen molar-refractivity contribution in [1.29, 1.82) is 0 Å². The van der Waals surface area contributed by atoms with Crippen LogP contribution in [0.4, 0.5) is 0 Å². The number of hydrogen-bond donors (Lipinski definition) is 0. The normalized spacial score (nSPS) is 14.9. The van der Waals surface area contributed by atoms with E-state index in [0.717, 1.165) is 0 Å². The zero-order valence-corrected chi connectivity index (χ0v) is 6.64. The van der Waals surface area contributed by atoms with Gasteiger partial charge >= 0.3 is 0 Å². The molecule has 0 spiro atoms. The molecule has 0 bridgehead atoms. The Morgan fingerprint density at radius 1 is 1.18 bits per heavy atom. The van der Waals surface area contributed by atoms with E-state index in [0.29, 0.717) is 6.32 Å². The van der Waals surface area contributed by atoms with Crippen molar-refractivity contribution in [1.82, 2.24) is 0 Å². The zero-order valence-electron chi connectivity index (χ0n) is 6.64. The van der Waals surface area contributed by atoms with Crippen LogP contribution >= 0.6 is 0 Å². The van der Waals surface area contributed by atoms with Gasteiger partial charge in [-0.25, -0.2) is 0 Å². The molecule has 1 aliphatic carbocycles. The monoisotopic (exact) mass is 142 g/mol. The predicted octanol–water partition coefficient (Wildman–Crippen LogP) is 1.84.